The van der Waals surface area contributed by atoms with Gasteiger partial charge in [0.05, 0.1) is 0 Å². The normalized spacial score (nSPS) is 7.00. The molecular weight excluding hydrogens is 151 g/mol. The van der Waals surface area contributed by atoms with E-state index in [0.717, 1.165) is 0 Å². The van der Waals surface area contributed by atoms with Crippen molar-refractivity contribution in [3.8, 4) is 0 Å². The summed E-state index contributed by atoms with van der Waals surface area (Å²) in [5.74, 6) is -0.269. The lowest BCUT2D eigenvalue weighted by molar-refractivity contribution is 0.665. The molecule has 0 aliphatic heterocycles. The summed E-state index contributed by atoms with van der Waals surface area (Å²) in [6.07, 6.45) is 2.52. The van der Waals surface area contributed by atoms with Crippen LogP contribution in [0.5, 0.6) is 0 Å². The van der Waals surface area contributed by atoms with Gasteiger partial charge in [0.1, 0.15) is 5.83 Å². The summed E-state index contributed by atoms with van der Waals surface area (Å²) in [6.45, 7) is 18.8. The zero-order valence-electron chi connectivity index (χ0n) is 9.15. The maximum absolute atomic E-state index is 11.6. The first kappa shape index (κ1) is 22.5. The van der Waals surface area contributed by atoms with Gasteiger partial charge < -0.3 is 0 Å². The highest BCUT2D eigenvalue weighted by atomic mass is 19.1. The third-order valence-electron chi connectivity index (χ3n) is 0.471. The molecule has 0 radical (unpaired) electrons. The van der Waals surface area contributed by atoms with Crippen molar-refractivity contribution in [3.05, 3.63) is 37.7 Å². The summed E-state index contributed by atoms with van der Waals surface area (Å²) in [5.41, 5.74) is 0. The van der Waals surface area contributed by atoms with Gasteiger partial charge in [-0.2, -0.15) is 0 Å². The molecule has 0 fully saturated rings. The van der Waals surface area contributed by atoms with Crippen molar-refractivity contribution in [1.29, 1.82) is 0 Å². The SMILES string of the molecule is C=C.C=C/C(F)=C\C.CC.CC. The van der Waals surface area contributed by atoms with Crippen LogP contribution in [0.25, 0.3) is 0 Å². The van der Waals surface area contributed by atoms with E-state index in [1.165, 1.54) is 12.2 Å². The molecule has 0 heterocycles. The van der Waals surface area contributed by atoms with Gasteiger partial charge in [0.2, 0.25) is 0 Å². The van der Waals surface area contributed by atoms with Gasteiger partial charge in [-0.15, -0.1) is 13.2 Å². The van der Waals surface area contributed by atoms with Crippen molar-refractivity contribution in [2.75, 3.05) is 0 Å². The Morgan fingerprint density at radius 2 is 1.33 bits per heavy atom. The van der Waals surface area contributed by atoms with Crippen LogP contribution in [-0.2, 0) is 0 Å². The molecule has 0 spiro atoms. The van der Waals surface area contributed by atoms with E-state index < -0.39 is 0 Å². The van der Waals surface area contributed by atoms with Gasteiger partial charge in [-0.25, -0.2) is 4.39 Å². The van der Waals surface area contributed by atoms with Crippen molar-refractivity contribution >= 4 is 0 Å². The molecule has 0 rings (SSSR count). The van der Waals surface area contributed by atoms with Gasteiger partial charge in [-0.3, -0.25) is 0 Å². The topological polar surface area (TPSA) is 0 Å². The third kappa shape index (κ3) is 61.3. The molecule has 1 heteroatoms. The number of halogens is 1. The molecule has 0 saturated heterocycles. The second-order valence-corrected chi connectivity index (χ2v) is 0.878. The predicted molar refractivity (Wildman–Crippen MR) is 59.0 cm³/mol. The molecule has 0 aromatic rings. The molecular formula is C11H23F. The fourth-order valence-electron chi connectivity index (χ4n) is 0.118. The fourth-order valence-corrected chi connectivity index (χ4v) is 0.118. The van der Waals surface area contributed by atoms with Gasteiger partial charge in [-0.05, 0) is 13.0 Å². The van der Waals surface area contributed by atoms with Crippen LogP contribution in [0.1, 0.15) is 34.6 Å². The first-order valence-electron chi connectivity index (χ1n) is 4.25. The van der Waals surface area contributed by atoms with Crippen molar-refractivity contribution in [2.24, 2.45) is 0 Å². The summed E-state index contributed by atoms with van der Waals surface area (Å²) in [5, 5.41) is 0. The summed E-state index contributed by atoms with van der Waals surface area (Å²) in [7, 11) is 0. The summed E-state index contributed by atoms with van der Waals surface area (Å²) < 4.78 is 11.6. The average Bonchev–Trinajstić information content (AvgIpc) is 2.25. The first-order chi connectivity index (χ1) is 5.81. The van der Waals surface area contributed by atoms with Gasteiger partial charge in [0.25, 0.3) is 0 Å². The molecule has 0 N–H and O–H groups in total. The van der Waals surface area contributed by atoms with Crippen LogP contribution in [0.3, 0.4) is 0 Å². The molecule has 0 nitrogen and oxygen atoms in total. The number of hydrogen-bond donors (Lipinski definition) is 0. The van der Waals surface area contributed by atoms with E-state index in [1.807, 2.05) is 27.7 Å². The Hall–Kier alpha value is -0.850. The van der Waals surface area contributed by atoms with Crippen molar-refractivity contribution in [3.63, 3.8) is 0 Å². The molecule has 0 atom stereocenters. The van der Waals surface area contributed by atoms with Gasteiger partial charge in [-0.1, -0.05) is 40.3 Å². The van der Waals surface area contributed by atoms with Gasteiger partial charge in [0, 0.05) is 0 Å². The van der Waals surface area contributed by atoms with Crippen LogP contribution < -0.4 is 0 Å². The summed E-state index contributed by atoms with van der Waals surface area (Å²) in [6, 6.07) is 0. The monoisotopic (exact) mass is 174 g/mol. The number of hydrogen-bond acceptors (Lipinski definition) is 0. The van der Waals surface area contributed by atoms with Crippen molar-refractivity contribution < 1.29 is 4.39 Å². The van der Waals surface area contributed by atoms with E-state index in [4.69, 9.17) is 0 Å². The van der Waals surface area contributed by atoms with E-state index >= 15 is 0 Å². The standard InChI is InChI=1S/C5H7F.2C2H6.C2H4/c1-3-5(6)4-2;3*1-2/h3-4H,1H2,2H3;2*1-2H3;1-2H2/b5-4+;;;. The highest BCUT2D eigenvalue weighted by Crippen LogP contribution is 1.92. The smallest absolute Gasteiger partial charge is 0.118 e. The number of rotatable bonds is 1. The molecule has 0 aliphatic carbocycles. The van der Waals surface area contributed by atoms with Crippen LogP contribution in [0.4, 0.5) is 4.39 Å². The lowest BCUT2D eigenvalue weighted by Crippen LogP contribution is -1.53. The molecule has 0 aromatic heterocycles. The fraction of sp³-hybridized carbons (Fsp3) is 0.455. The maximum atomic E-state index is 11.6. The largest absolute Gasteiger partial charge is 0.207 e. The summed E-state index contributed by atoms with van der Waals surface area (Å²) >= 11 is 0. The van der Waals surface area contributed by atoms with E-state index in [-0.39, 0.29) is 5.83 Å². The van der Waals surface area contributed by atoms with Crippen molar-refractivity contribution in [1.82, 2.24) is 0 Å². The highest BCUT2D eigenvalue weighted by Gasteiger charge is 1.73. The molecule has 0 unspecified atom stereocenters. The minimum atomic E-state index is -0.269. The Kier molecular flexibility index (Phi) is 92.4. The molecule has 12 heavy (non-hydrogen) atoms. The second kappa shape index (κ2) is 49.3. The highest BCUT2D eigenvalue weighted by molar-refractivity contribution is 5.04. The van der Waals surface area contributed by atoms with Crippen LogP contribution >= 0.6 is 0 Å². The molecule has 74 valence electrons. The minimum Gasteiger partial charge on any atom is -0.207 e. The molecule has 0 aromatic carbocycles. The lowest BCUT2D eigenvalue weighted by Gasteiger charge is -1.72. The second-order valence-electron chi connectivity index (χ2n) is 0.878. The Morgan fingerprint density at radius 3 is 1.33 bits per heavy atom. The summed E-state index contributed by atoms with van der Waals surface area (Å²) in [4.78, 5) is 0. The number of allylic oxidation sites excluding steroid dienone is 3. The predicted octanol–water partition coefficient (Wildman–Crippen LogP) is 4.90. The van der Waals surface area contributed by atoms with Crippen LogP contribution in [0.2, 0.25) is 0 Å². The van der Waals surface area contributed by atoms with Crippen molar-refractivity contribution in [2.45, 2.75) is 34.6 Å². The Morgan fingerprint density at radius 1 is 1.08 bits per heavy atom. The zero-order valence-corrected chi connectivity index (χ0v) is 9.15. The lowest BCUT2D eigenvalue weighted by atomic mass is 10.5. The average molecular weight is 174 g/mol. The first-order valence-corrected chi connectivity index (χ1v) is 4.25. The van der Waals surface area contributed by atoms with E-state index in [9.17, 15) is 4.39 Å². The van der Waals surface area contributed by atoms with E-state index in [1.54, 1.807) is 6.92 Å². The zero-order chi connectivity index (χ0) is 11.0. The van der Waals surface area contributed by atoms with Crippen LogP contribution in [0.15, 0.2) is 37.7 Å². The Labute approximate surface area is 77.5 Å². The minimum absolute atomic E-state index is 0.269. The quantitative estimate of drug-likeness (QED) is 0.392. The molecule has 0 saturated carbocycles. The third-order valence-corrected chi connectivity index (χ3v) is 0.471. The van der Waals surface area contributed by atoms with E-state index in [0.29, 0.717) is 0 Å². The van der Waals surface area contributed by atoms with Crippen LogP contribution in [-0.4, -0.2) is 0 Å². The molecule has 0 amide bonds. The van der Waals surface area contributed by atoms with Crippen LogP contribution in [0, 0.1) is 0 Å². The molecule has 0 bridgehead atoms. The Balaban J connectivity index is -0.0000000453. The van der Waals surface area contributed by atoms with E-state index in [2.05, 4.69) is 19.7 Å². The van der Waals surface area contributed by atoms with Gasteiger partial charge >= 0.3 is 0 Å². The maximum Gasteiger partial charge on any atom is 0.118 e. The Bertz CT molecular complexity index is 83.0. The van der Waals surface area contributed by atoms with Gasteiger partial charge in [0.15, 0.2) is 0 Å². The molecule has 0 aliphatic rings.